The molecule has 1 saturated carbocycles. The van der Waals surface area contributed by atoms with Crippen molar-refractivity contribution in [2.75, 3.05) is 6.61 Å². The number of benzene rings is 1. The summed E-state index contributed by atoms with van der Waals surface area (Å²) in [5, 5.41) is 0. The molecule has 0 atom stereocenters. The molecule has 0 bridgehead atoms. The molecular formula is C29H44F6OSi. The fraction of sp³-hybridized carbons (Fsp3) is 0.793. The minimum Gasteiger partial charge on any atom is -0.481 e. The molecule has 1 aliphatic heterocycles. The van der Waals surface area contributed by atoms with E-state index < -0.39 is 45.1 Å². The molecule has 3 rings (SSSR count). The highest BCUT2D eigenvalue weighted by atomic mass is 28.3. The average molecular weight is 551 g/mol. The molecule has 1 aromatic carbocycles. The maximum atomic E-state index is 14.2. The van der Waals surface area contributed by atoms with Crippen LogP contribution in [0.4, 0.5) is 26.3 Å². The van der Waals surface area contributed by atoms with Crippen LogP contribution in [0, 0.1) is 29.4 Å². The van der Waals surface area contributed by atoms with Gasteiger partial charge in [-0.05, 0) is 61.1 Å². The van der Waals surface area contributed by atoms with Crippen molar-refractivity contribution in [3.05, 3.63) is 29.3 Å². The van der Waals surface area contributed by atoms with Gasteiger partial charge in [-0.1, -0.05) is 82.8 Å². The molecule has 1 aromatic rings. The van der Waals surface area contributed by atoms with Gasteiger partial charge in [-0.2, -0.15) is 8.78 Å². The van der Waals surface area contributed by atoms with Gasteiger partial charge in [-0.3, -0.25) is 0 Å². The van der Waals surface area contributed by atoms with Crippen LogP contribution in [0.5, 0.6) is 5.75 Å². The average Bonchev–Trinajstić information content (AvgIpc) is 2.87. The molecule has 0 radical (unpaired) electrons. The van der Waals surface area contributed by atoms with Crippen molar-refractivity contribution in [3.8, 4) is 5.75 Å². The molecule has 8 heteroatoms. The van der Waals surface area contributed by atoms with Crippen molar-refractivity contribution in [2.45, 2.75) is 121 Å². The van der Waals surface area contributed by atoms with Crippen LogP contribution < -0.4 is 4.74 Å². The van der Waals surface area contributed by atoms with E-state index in [4.69, 9.17) is 0 Å². The molecule has 2 aliphatic rings. The third-order valence-corrected chi connectivity index (χ3v) is 12.3. The van der Waals surface area contributed by atoms with Crippen LogP contribution in [0.2, 0.25) is 18.1 Å². The highest BCUT2D eigenvalue weighted by molar-refractivity contribution is 6.58. The molecule has 0 amide bonds. The summed E-state index contributed by atoms with van der Waals surface area (Å²) in [6.45, 7) is 0.508. The molecule has 1 saturated heterocycles. The Balaban J connectivity index is 1.32. The zero-order valence-electron chi connectivity index (χ0n) is 22.2. The molecule has 0 aromatic heterocycles. The first-order chi connectivity index (χ1) is 17.7. The van der Waals surface area contributed by atoms with E-state index in [0.717, 1.165) is 49.1 Å². The molecule has 0 spiro atoms. The summed E-state index contributed by atoms with van der Waals surface area (Å²) in [5.41, 5.74) is 0.417. The summed E-state index contributed by atoms with van der Waals surface area (Å²) < 4.78 is 83.2. The summed E-state index contributed by atoms with van der Waals surface area (Å²) in [4.78, 5) is 0. The van der Waals surface area contributed by atoms with Gasteiger partial charge >= 0.3 is 12.3 Å². The molecule has 212 valence electrons. The topological polar surface area (TPSA) is 9.23 Å². The lowest BCUT2D eigenvalue weighted by molar-refractivity contribution is -0.148. The van der Waals surface area contributed by atoms with Gasteiger partial charge in [-0.15, -0.1) is 0 Å². The maximum Gasteiger partial charge on any atom is 0.340 e. The van der Waals surface area contributed by atoms with Crippen LogP contribution in [-0.4, -0.2) is 27.8 Å². The zero-order chi connectivity index (χ0) is 26.8. The quantitative estimate of drug-likeness (QED) is 0.127. The zero-order valence-corrected chi connectivity index (χ0v) is 23.4. The van der Waals surface area contributed by atoms with Gasteiger partial charge in [0.1, 0.15) is 0 Å². The Morgan fingerprint density at radius 1 is 0.892 bits per heavy atom. The van der Waals surface area contributed by atoms with Crippen molar-refractivity contribution < 1.29 is 31.1 Å². The van der Waals surface area contributed by atoms with Crippen LogP contribution in [-0.2, 0) is 6.42 Å². The van der Waals surface area contributed by atoms with Crippen LogP contribution in [0.25, 0.3) is 0 Å². The first-order valence-corrected chi connectivity index (χ1v) is 16.9. The van der Waals surface area contributed by atoms with Crippen molar-refractivity contribution in [2.24, 2.45) is 17.8 Å². The normalized spacial score (nSPS) is 25.0. The summed E-state index contributed by atoms with van der Waals surface area (Å²) in [5.74, 6) is -5.19. The summed E-state index contributed by atoms with van der Waals surface area (Å²) in [6, 6.07) is 6.78. The lowest BCUT2D eigenvalue weighted by Gasteiger charge is -2.37. The molecule has 1 heterocycles. The Morgan fingerprint density at radius 2 is 1.51 bits per heavy atom. The maximum absolute atomic E-state index is 14.2. The number of rotatable bonds is 14. The molecule has 1 aliphatic carbocycles. The van der Waals surface area contributed by atoms with Gasteiger partial charge in [0, 0.05) is 8.80 Å². The summed E-state index contributed by atoms with van der Waals surface area (Å²) in [7, 11) is -0.444. The number of halogens is 6. The van der Waals surface area contributed by atoms with E-state index in [2.05, 4.69) is 11.7 Å². The monoisotopic (exact) mass is 550 g/mol. The Kier molecular flexibility index (Phi) is 12.2. The van der Waals surface area contributed by atoms with Crippen LogP contribution in [0.3, 0.4) is 0 Å². The van der Waals surface area contributed by atoms with E-state index in [0.29, 0.717) is 12.0 Å². The van der Waals surface area contributed by atoms with Gasteiger partial charge in [0.15, 0.2) is 24.0 Å². The highest BCUT2D eigenvalue weighted by Gasteiger charge is 2.42. The van der Waals surface area contributed by atoms with Crippen LogP contribution in [0.15, 0.2) is 12.1 Å². The van der Waals surface area contributed by atoms with Crippen molar-refractivity contribution in [1.29, 1.82) is 0 Å². The smallest absolute Gasteiger partial charge is 0.340 e. The number of hydrogen-bond donors (Lipinski definition) is 0. The first kappa shape index (κ1) is 30.4. The lowest BCUT2D eigenvalue weighted by atomic mass is 9.73. The van der Waals surface area contributed by atoms with Crippen LogP contribution >= 0.6 is 0 Å². The third-order valence-electron chi connectivity index (χ3n) is 8.78. The van der Waals surface area contributed by atoms with E-state index in [-0.39, 0.29) is 0 Å². The number of ether oxygens (including phenoxy) is 1. The second-order valence-corrected chi connectivity index (χ2v) is 15.0. The molecule has 1 nitrogen and oxygen atoms in total. The Morgan fingerprint density at radius 3 is 2.11 bits per heavy atom. The first-order valence-electron chi connectivity index (χ1n) is 14.5. The van der Waals surface area contributed by atoms with Gasteiger partial charge in [0.05, 0.1) is 0 Å². The Labute approximate surface area is 220 Å². The largest absolute Gasteiger partial charge is 0.481 e. The van der Waals surface area contributed by atoms with Gasteiger partial charge in [0.2, 0.25) is 0 Å². The van der Waals surface area contributed by atoms with E-state index in [1.165, 1.54) is 57.8 Å². The van der Waals surface area contributed by atoms with Crippen molar-refractivity contribution in [1.82, 2.24) is 0 Å². The third kappa shape index (κ3) is 9.50. The number of unbranched alkanes of at least 4 members (excludes halogenated alkanes) is 3. The Hall–Kier alpha value is -1.18. The predicted octanol–water partition coefficient (Wildman–Crippen LogP) is 9.59. The van der Waals surface area contributed by atoms with E-state index in [9.17, 15) is 26.3 Å². The molecule has 0 unspecified atom stereocenters. The van der Waals surface area contributed by atoms with E-state index in [1.807, 2.05) is 0 Å². The van der Waals surface area contributed by atoms with E-state index in [1.54, 1.807) is 18.1 Å². The lowest BCUT2D eigenvalue weighted by Crippen LogP contribution is -2.34. The molecular weight excluding hydrogens is 506 g/mol. The fourth-order valence-electron chi connectivity index (χ4n) is 6.47. The van der Waals surface area contributed by atoms with E-state index >= 15 is 0 Å². The summed E-state index contributed by atoms with van der Waals surface area (Å²) >= 11 is 0. The SMILES string of the molecule is CCCCC[Si@H]1CC[C@H]([C@H]2CC[C@H](CCCCc3cc(F)c(OCC(F)(F)C(F)F)c(F)c3)CC2)CC1. The fourth-order valence-corrected chi connectivity index (χ4v) is 10.00. The number of alkyl halides is 4. The van der Waals surface area contributed by atoms with Gasteiger partial charge in [-0.25, -0.2) is 17.6 Å². The summed E-state index contributed by atoms with van der Waals surface area (Å²) in [6.07, 6.45) is 11.8. The molecule has 37 heavy (non-hydrogen) atoms. The minimum atomic E-state index is -4.47. The van der Waals surface area contributed by atoms with Gasteiger partial charge in [0.25, 0.3) is 0 Å². The molecule has 2 fully saturated rings. The van der Waals surface area contributed by atoms with Crippen molar-refractivity contribution in [3.63, 3.8) is 0 Å². The highest BCUT2D eigenvalue weighted by Crippen LogP contribution is 2.42. The number of aryl methyl sites for hydroxylation is 1. The molecule has 0 N–H and O–H groups in total. The minimum absolute atomic E-state index is 0.417. The standard InChI is InChI=1S/C29H44F6OSi/c1-2-3-6-15-37-16-13-24(14-17-37)23-11-9-21(10-12-23)7-4-5-8-22-18-25(30)27(26(31)19-22)36-20-29(34,35)28(32)33/h18-19,21,23-24,28,37H,2-17,20H2,1H3/t21-,23-,24-,37-. The van der Waals surface area contributed by atoms with Crippen molar-refractivity contribution >= 4 is 8.80 Å². The second-order valence-electron chi connectivity index (χ2n) is 11.5. The Bertz CT molecular complexity index is 781. The number of hydrogen-bond acceptors (Lipinski definition) is 1. The second kappa shape index (κ2) is 14.8. The predicted molar refractivity (Wildman–Crippen MR) is 140 cm³/mol. The van der Waals surface area contributed by atoms with Gasteiger partial charge < -0.3 is 4.74 Å². The van der Waals surface area contributed by atoms with Crippen LogP contribution in [0.1, 0.15) is 89.5 Å².